The molecular weight excluding hydrogens is 164 g/mol. The minimum atomic E-state index is 1.12. The van der Waals surface area contributed by atoms with Crippen molar-refractivity contribution in [2.24, 2.45) is 0 Å². The van der Waals surface area contributed by atoms with Crippen molar-refractivity contribution in [3.8, 4) is 0 Å². The summed E-state index contributed by atoms with van der Waals surface area (Å²) in [6, 6.07) is 0. The Morgan fingerprint density at radius 3 is 1.31 bits per heavy atom. The van der Waals surface area contributed by atoms with Crippen molar-refractivity contribution >= 4 is 0 Å². The normalized spacial score (nSPS) is 27.7. The largest absolute Gasteiger partial charge is 0.208 e. The third-order valence-corrected chi connectivity index (χ3v) is 2.86. The second-order valence-electron chi connectivity index (χ2n) is 4.06. The first-order chi connectivity index (χ1) is 6.45. The molecule has 2 aliphatic rings. The van der Waals surface area contributed by atoms with Crippen LogP contribution >= 0.6 is 0 Å². The highest BCUT2D eigenvalue weighted by Gasteiger charge is 2.16. The lowest BCUT2D eigenvalue weighted by Gasteiger charge is -2.33. The minimum absolute atomic E-state index is 1.12. The van der Waals surface area contributed by atoms with Crippen LogP contribution in [0.15, 0.2) is 0 Å². The average molecular weight is 184 g/mol. The van der Waals surface area contributed by atoms with Gasteiger partial charge in [0, 0.05) is 26.2 Å². The monoisotopic (exact) mass is 184 g/mol. The molecule has 3 nitrogen and oxygen atoms in total. The molecule has 13 heavy (non-hydrogen) atoms. The van der Waals surface area contributed by atoms with E-state index in [1.165, 1.54) is 38.5 Å². The molecule has 0 N–H and O–H groups in total. The maximum atomic E-state index is 5.80. The van der Waals surface area contributed by atoms with Crippen LogP contribution in [0, 0.1) is 0 Å². The van der Waals surface area contributed by atoms with Crippen molar-refractivity contribution in [3.63, 3.8) is 0 Å². The van der Waals surface area contributed by atoms with Gasteiger partial charge in [-0.3, -0.25) is 0 Å². The summed E-state index contributed by atoms with van der Waals surface area (Å²) in [4.78, 5) is 5.80. The average Bonchev–Trinajstić information content (AvgIpc) is 2.21. The van der Waals surface area contributed by atoms with Gasteiger partial charge in [0.2, 0.25) is 0 Å². The number of hydrogen-bond acceptors (Lipinski definition) is 3. The lowest BCUT2D eigenvalue weighted by molar-refractivity contribution is -0.333. The molecule has 0 aromatic carbocycles. The molecule has 0 atom stereocenters. The summed E-state index contributed by atoms with van der Waals surface area (Å²) in [6.07, 6.45) is 7.95. The predicted molar refractivity (Wildman–Crippen MR) is 51.9 cm³/mol. The van der Waals surface area contributed by atoms with Crippen LogP contribution in [0.2, 0.25) is 0 Å². The van der Waals surface area contributed by atoms with Crippen LogP contribution in [0.4, 0.5) is 0 Å². The number of hydrogen-bond donors (Lipinski definition) is 0. The van der Waals surface area contributed by atoms with E-state index in [-0.39, 0.29) is 0 Å². The van der Waals surface area contributed by atoms with Crippen molar-refractivity contribution in [1.82, 2.24) is 10.1 Å². The Morgan fingerprint density at radius 2 is 0.923 bits per heavy atom. The summed E-state index contributed by atoms with van der Waals surface area (Å²) in [7, 11) is 0. The van der Waals surface area contributed by atoms with E-state index in [1.54, 1.807) is 0 Å². The summed E-state index contributed by atoms with van der Waals surface area (Å²) in [5.41, 5.74) is 0. The summed E-state index contributed by atoms with van der Waals surface area (Å²) in [5.74, 6) is 0. The predicted octanol–water partition coefficient (Wildman–Crippen LogP) is 1.80. The molecule has 0 aromatic rings. The fourth-order valence-electron chi connectivity index (χ4n) is 2.06. The minimum Gasteiger partial charge on any atom is -0.208 e. The first-order valence-electron chi connectivity index (χ1n) is 5.63. The van der Waals surface area contributed by atoms with Crippen LogP contribution < -0.4 is 0 Å². The lowest BCUT2D eigenvalue weighted by atomic mass is 10.2. The van der Waals surface area contributed by atoms with Crippen LogP contribution in [0.25, 0.3) is 0 Å². The fraction of sp³-hybridized carbons (Fsp3) is 1.00. The lowest BCUT2D eigenvalue weighted by Crippen LogP contribution is -2.40. The van der Waals surface area contributed by atoms with E-state index < -0.39 is 0 Å². The molecule has 0 bridgehead atoms. The Bertz CT molecular complexity index is 124. The first-order valence-corrected chi connectivity index (χ1v) is 5.63. The van der Waals surface area contributed by atoms with Crippen molar-refractivity contribution in [2.45, 2.75) is 38.5 Å². The van der Waals surface area contributed by atoms with Gasteiger partial charge in [0.05, 0.1) is 0 Å². The standard InChI is InChI=1S/C10H20N2O/c1-3-7-11(8-4-1)13-12-9-5-2-6-10-12/h1-10H2. The summed E-state index contributed by atoms with van der Waals surface area (Å²) < 4.78 is 0. The molecule has 76 valence electrons. The van der Waals surface area contributed by atoms with Crippen molar-refractivity contribution in [2.75, 3.05) is 26.2 Å². The third-order valence-electron chi connectivity index (χ3n) is 2.86. The van der Waals surface area contributed by atoms with Crippen LogP contribution in [0.1, 0.15) is 38.5 Å². The van der Waals surface area contributed by atoms with Gasteiger partial charge in [0.25, 0.3) is 0 Å². The molecule has 2 saturated heterocycles. The fourth-order valence-corrected chi connectivity index (χ4v) is 2.06. The maximum Gasteiger partial charge on any atom is 0.0259 e. The van der Waals surface area contributed by atoms with Gasteiger partial charge < -0.3 is 0 Å². The van der Waals surface area contributed by atoms with E-state index in [0.717, 1.165) is 26.2 Å². The molecule has 2 heterocycles. The van der Waals surface area contributed by atoms with Gasteiger partial charge in [-0.1, -0.05) is 12.8 Å². The maximum absolute atomic E-state index is 5.80. The van der Waals surface area contributed by atoms with E-state index >= 15 is 0 Å². The SMILES string of the molecule is C1CCN(ON2CCCCC2)CC1. The highest BCUT2D eigenvalue weighted by atomic mass is 16.8. The smallest absolute Gasteiger partial charge is 0.0259 e. The highest BCUT2D eigenvalue weighted by Crippen LogP contribution is 2.14. The zero-order chi connectivity index (χ0) is 8.93. The van der Waals surface area contributed by atoms with E-state index in [2.05, 4.69) is 10.1 Å². The zero-order valence-electron chi connectivity index (χ0n) is 8.37. The van der Waals surface area contributed by atoms with Crippen LogP contribution in [-0.4, -0.2) is 36.3 Å². The number of nitrogens with zero attached hydrogens (tertiary/aromatic N) is 2. The Kier molecular flexibility index (Phi) is 3.58. The van der Waals surface area contributed by atoms with Crippen LogP contribution in [0.5, 0.6) is 0 Å². The molecule has 0 amide bonds. The van der Waals surface area contributed by atoms with Gasteiger partial charge in [-0.25, -0.2) is 4.94 Å². The number of piperidine rings is 2. The van der Waals surface area contributed by atoms with Gasteiger partial charge >= 0.3 is 0 Å². The molecule has 0 radical (unpaired) electrons. The van der Waals surface area contributed by atoms with E-state index in [0.29, 0.717) is 0 Å². The van der Waals surface area contributed by atoms with Crippen molar-refractivity contribution < 1.29 is 4.94 Å². The van der Waals surface area contributed by atoms with Gasteiger partial charge in [0.15, 0.2) is 0 Å². The first kappa shape index (κ1) is 9.44. The van der Waals surface area contributed by atoms with Gasteiger partial charge in [0.1, 0.15) is 0 Å². The molecule has 0 unspecified atom stereocenters. The topological polar surface area (TPSA) is 15.7 Å². The Labute approximate surface area is 80.6 Å². The van der Waals surface area contributed by atoms with E-state index in [4.69, 9.17) is 4.94 Å². The van der Waals surface area contributed by atoms with Crippen LogP contribution in [-0.2, 0) is 4.94 Å². The zero-order valence-corrected chi connectivity index (χ0v) is 8.37. The molecule has 0 aliphatic carbocycles. The Morgan fingerprint density at radius 1 is 0.538 bits per heavy atom. The summed E-state index contributed by atoms with van der Waals surface area (Å²) in [6.45, 7) is 4.49. The second kappa shape index (κ2) is 4.94. The molecule has 2 fully saturated rings. The number of rotatable bonds is 2. The van der Waals surface area contributed by atoms with Crippen LogP contribution in [0.3, 0.4) is 0 Å². The Hall–Kier alpha value is -0.120. The molecule has 0 saturated carbocycles. The molecule has 2 aliphatic heterocycles. The summed E-state index contributed by atoms with van der Waals surface area (Å²) >= 11 is 0. The number of hydroxylamine groups is 4. The Balaban J connectivity index is 1.69. The van der Waals surface area contributed by atoms with Crippen molar-refractivity contribution in [3.05, 3.63) is 0 Å². The second-order valence-corrected chi connectivity index (χ2v) is 4.06. The highest BCUT2D eigenvalue weighted by molar-refractivity contribution is 4.59. The van der Waals surface area contributed by atoms with Gasteiger partial charge in [-0.15, -0.1) is 0 Å². The van der Waals surface area contributed by atoms with Gasteiger partial charge in [-0.05, 0) is 25.7 Å². The molecular formula is C10H20N2O. The van der Waals surface area contributed by atoms with Crippen molar-refractivity contribution in [1.29, 1.82) is 0 Å². The molecule has 3 heteroatoms. The molecule has 0 aromatic heterocycles. The van der Waals surface area contributed by atoms with Gasteiger partial charge in [-0.2, -0.15) is 10.1 Å². The molecule has 0 spiro atoms. The molecule has 2 rings (SSSR count). The van der Waals surface area contributed by atoms with E-state index in [1.807, 2.05) is 0 Å². The third kappa shape index (κ3) is 2.93. The quantitative estimate of drug-likeness (QED) is 0.651. The van der Waals surface area contributed by atoms with E-state index in [9.17, 15) is 0 Å². The summed E-state index contributed by atoms with van der Waals surface area (Å²) in [5, 5.41) is 4.27.